The van der Waals surface area contributed by atoms with E-state index in [4.69, 9.17) is 9.15 Å². The van der Waals surface area contributed by atoms with Crippen molar-refractivity contribution in [3.63, 3.8) is 0 Å². The van der Waals surface area contributed by atoms with Gasteiger partial charge in [-0.25, -0.2) is 0 Å². The van der Waals surface area contributed by atoms with Crippen molar-refractivity contribution >= 4 is 0 Å². The molecule has 1 saturated heterocycles. The second-order valence-electron chi connectivity index (χ2n) is 5.77. The number of hydrogen-bond acceptors (Lipinski definition) is 5. The Morgan fingerprint density at radius 3 is 2.82 bits per heavy atom. The average molecular weight is 304 g/mol. The maximum atomic E-state index is 5.50. The van der Waals surface area contributed by atoms with Gasteiger partial charge in [-0.1, -0.05) is 0 Å². The molecule has 1 aliphatic rings. The maximum Gasteiger partial charge on any atom is 0.117 e. The Bertz CT molecular complexity index is 546. The molecule has 22 heavy (non-hydrogen) atoms. The Labute approximate surface area is 131 Å². The molecule has 6 heteroatoms. The molecule has 1 aliphatic heterocycles. The zero-order valence-corrected chi connectivity index (χ0v) is 13.1. The summed E-state index contributed by atoms with van der Waals surface area (Å²) in [4.78, 5) is 4.87. The number of furan rings is 1. The monoisotopic (exact) mass is 304 g/mol. The second kappa shape index (κ2) is 7.58. The van der Waals surface area contributed by atoms with Crippen LogP contribution in [-0.2, 0) is 24.9 Å². The fraction of sp³-hybridized carbons (Fsp3) is 0.562. The minimum atomic E-state index is 0.826. The van der Waals surface area contributed by atoms with Crippen molar-refractivity contribution in [3.8, 4) is 0 Å². The van der Waals surface area contributed by atoms with Gasteiger partial charge in [-0.15, -0.1) is 0 Å². The Hall–Kier alpha value is -1.63. The van der Waals surface area contributed by atoms with Gasteiger partial charge in [0, 0.05) is 51.5 Å². The summed E-state index contributed by atoms with van der Waals surface area (Å²) >= 11 is 0. The minimum Gasteiger partial charge on any atom is -0.468 e. The van der Waals surface area contributed by atoms with E-state index in [1.54, 1.807) is 6.26 Å². The Morgan fingerprint density at radius 2 is 2.14 bits per heavy atom. The van der Waals surface area contributed by atoms with Crippen LogP contribution in [0.15, 0.2) is 35.2 Å². The van der Waals surface area contributed by atoms with Crippen molar-refractivity contribution < 1.29 is 9.15 Å². The molecular weight excluding hydrogens is 280 g/mol. The van der Waals surface area contributed by atoms with Crippen LogP contribution in [0.25, 0.3) is 0 Å². The molecular formula is C16H24N4O2. The predicted octanol–water partition coefficient (Wildman–Crippen LogP) is 1.35. The van der Waals surface area contributed by atoms with E-state index in [0.29, 0.717) is 0 Å². The molecule has 120 valence electrons. The van der Waals surface area contributed by atoms with Gasteiger partial charge in [0.05, 0.1) is 32.2 Å². The van der Waals surface area contributed by atoms with Crippen LogP contribution in [0, 0.1) is 0 Å². The predicted molar refractivity (Wildman–Crippen MR) is 83.3 cm³/mol. The van der Waals surface area contributed by atoms with Crippen LogP contribution in [-0.4, -0.2) is 59.0 Å². The smallest absolute Gasteiger partial charge is 0.117 e. The van der Waals surface area contributed by atoms with Crippen LogP contribution in [0.3, 0.4) is 0 Å². The number of aromatic nitrogens is 2. The number of rotatable bonds is 7. The second-order valence-corrected chi connectivity index (χ2v) is 5.77. The van der Waals surface area contributed by atoms with Gasteiger partial charge >= 0.3 is 0 Å². The van der Waals surface area contributed by atoms with Gasteiger partial charge < -0.3 is 9.15 Å². The number of nitrogens with zero attached hydrogens (tertiary/aromatic N) is 4. The molecule has 0 spiro atoms. The Kier molecular flexibility index (Phi) is 5.26. The van der Waals surface area contributed by atoms with Gasteiger partial charge in [-0.2, -0.15) is 5.10 Å². The molecule has 3 heterocycles. The van der Waals surface area contributed by atoms with E-state index in [1.165, 1.54) is 5.56 Å². The summed E-state index contributed by atoms with van der Waals surface area (Å²) in [5.41, 5.74) is 1.23. The molecule has 0 radical (unpaired) electrons. The molecule has 3 rings (SSSR count). The summed E-state index contributed by atoms with van der Waals surface area (Å²) < 4.78 is 12.8. The average Bonchev–Trinajstić information content (AvgIpc) is 3.18. The van der Waals surface area contributed by atoms with E-state index in [0.717, 1.165) is 58.2 Å². The highest BCUT2D eigenvalue weighted by molar-refractivity contribution is 5.04. The van der Waals surface area contributed by atoms with Gasteiger partial charge in [0.15, 0.2) is 0 Å². The van der Waals surface area contributed by atoms with Crippen molar-refractivity contribution in [2.45, 2.75) is 13.1 Å². The molecule has 0 aliphatic carbocycles. The SMILES string of the molecule is Cn1cc(CN(CCN2CCOCC2)Cc2ccco2)cn1. The lowest BCUT2D eigenvalue weighted by atomic mass is 10.3. The van der Waals surface area contributed by atoms with Crippen molar-refractivity contribution in [3.05, 3.63) is 42.1 Å². The first kappa shape index (κ1) is 15.3. The van der Waals surface area contributed by atoms with E-state index in [-0.39, 0.29) is 0 Å². The molecule has 2 aromatic rings. The standard InChI is InChI=1S/C16H24N4O2/c1-18-12-15(11-17-18)13-20(14-16-3-2-8-22-16)5-4-19-6-9-21-10-7-19/h2-3,8,11-12H,4-7,9-10,13-14H2,1H3. The first-order chi connectivity index (χ1) is 10.8. The molecule has 0 amide bonds. The van der Waals surface area contributed by atoms with E-state index < -0.39 is 0 Å². The number of ether oxygens (including phenoxy) is 1. The molecule has 0 saturated carbocycles. The van der Waals surface area contributed by atoms with Gasteiger partial charge in [0.25, 0.3) is 0 Å². The number of morpholine rings is 1. The van der Waals surface area contributed by atoms with Crippen molar-refractivity contribution in [2.75, 3.05) is 39.4 Å². The lowest BCUT2D eigenvalue weighted by molar-refractivity contribution is 0.0321. The highest BCUT2D eigenvalue weighted by Gasteiger charge is 2.14. The van der Waals surface area contributed by atoms with Crippen LogP contribution in [0.4, 0.5) is 0 Å². The molecule has 0 aromatic carbocycles. The van der Waals surface area contributed by atoms with Crippen LogP contribution >= 0.6 is 0 Å². The summed E-state index contributed by atoms with van der Waals surface area (Å²) in [6, 6.07) is 3.98. The van der Waals surface area contributed by atoms with Crippen LogP contribution in [0.5, 0.6) is 0 Å². The summed E-state index contributed by atoms with van der Waals surface area (Å²) in [7, 11) is 1.95. The third kappa shape index (κ3) is 4.43. The molecule has 6 nitrogen and oxygen atoms in total. The largest absolute Gasteiger partial charge is 0.468 e. The van der Waals surface area contributed by atoms with Gasteiger partial charge in [0.2, 0.25) is 0 Å². The normalized spacial score (nSPS) is 16.5. The van der Waals surface area contributed by atoms with E-state index in [1.807, 2.05) is 30.1 Å². The quantitative estimate of drug-likeness (QED) is 0.773. The Morgan fingerprint density at radius 1 is 1.27 bits per heavy atom. The third-order valence-corrected chi connectivity index (χ3v) is 3.96. The zero-order valence-electron chi connectivity index (χ0n) is 13.1. The molecule has 0 bridgehead atoms. The number of hydrogen-bond donors (Lipinski definition) is 0. The highest BCUT2D eigenvalue weighted by atomic mass is 16.5. The Balaban J connectivity index is 1.57. The summed E-state index contributed by atoms with van der Waals surface area (Å²) in [5, 5.41) is 4.26. The third-order valence-electron chi connectivity index (χ3n) is 3.96. The van der Waals surface area contributed by atoms with Crippen LogP contribution < -0.4 is 0 Å². The van der Waals surface area contributed by atoms with E-state index in [9.17, 15) is 0 Å². The first-order valence-corrected chi connectivity index (χ1v) is 7.82. The zero-order chi connectivity index (χ0) is 15.2. The lowest BCUT2D eigenvalue weighted by Crippen LogP contribution is -2.41. The van der Waals surface area contributed by atoms with E-state index in [2.05, 4.69) is 21.1 Å². The minimum absolute atomic E-state index is 0.826. The lowest BCUT2D eigenvalue weighted by Gasteiger charge is -2.29. The number of aryl methyl sites for hydroxylation is 1. The highest BCUT2D eigenvalue weighted by Crippen LogP contribution is 2.10. The van der Waals surface area contributed by atoms with Gasteiger partial charge in [0.1, 0.15) is 5.76 Å². The van der Waals surface area contributed by atoms with E-state index >= 15 is 0 Å². The summed E-state index contributed by atoms with van der Waals surface area (Å²) in [6.07, 6.45) is 5.74. The molecule has 0 N–H and O–H groups in total. The molecule has 0 unspecified atom stereocenters. The van der Waals surface area contributed by atoms with Gasteiger partial charge in [-0.3, -0.25) is 14.5 Å². The molecule has 1 fully saturated rings. The fourth-order valence-corrected chi connectivity index (χ4v) is 2.76. The fourth-order valence-electron chi connectivity index (χ4n) is 2.76. The van der Waals surface area contributed by atoms with Crippen molar-refractivity contribution in [2.24, 2.45) is 7.05 Å². The maximum absolute atomic E-state index is 5.50. The van der Waals surface area contributed by atoms with Crippen LogP contribution in [0.1, 0.15) is 11.3 Å². The van der Waals surface area contributed by atoms with Gasteiger partial charge in [-0.05, 0) is 12.1 Å². The first-order valence-electron chi connectivity index (χ1n) is 7.82. The molecule has 0 atom stereocenters. The summed E-state index contributed by atoms with van der Waals surface area (Å²) in [6.45, 7) is 7.54. The molecule has 2 aromatic heterocycles. The topological polar surface area (TPSA) is 46.7 Å². The summed E-state index contributed by atoms with van der Waals surface area (Å²) in [5.74, 6) is 1.01. The van der Waals surface area contributed by atoms with Crippen LogP contribution in [0.2, 0.25) is 0 Å². The van der Waals surface area contributed by atoms with Crippen molar-refractivity contribution in [1.82, 2.24) is 19.6 Å². The van der Waals surface area contributed by atoms with Crippen molar-refractivity contribution in [1.29, 1.82) is 0 Å².